The number of hydrogen-bond acceptors (Lipinski definition) is 3. The van der Waals surface area contributed by atoms with Gasteiger partial charge in [0, 0.05) is 11.3 Å². The second-order valence-electron chi connectivity index (χ2n) is 4.60. The number of nitrogen functional groups attached to an aromatic ring is 1. The molecular weight excluding hydrogens is 295 g/mol. The molecule has 0 aliphatic heterocycles. The molecule has 0 fully saturated rings. The Morgan fingerprint density at radius 2 is 1.91 bits per heavy atom. The number of carbonyl (C=O) groups excluding carboxylic acids is 1. The summed E-state index contributed by atoms with van der Waals surface area (Å²) in [4.78, 5) is 11.7. The topological polar surface area (TPSA) is 52.3 Å². The maximum Gasteiger partial charge on any atom is 0.416 e. The normalized spacial score (nSPS) is 11.3. The molecule has 2 aromatic rings. The van der Waals surface area contributed by atoms with Crippen molar-refractivity contribution in [2.75, 3.05) is 12.3 Å². The molecule has 0 aromatic heterocycles. The number of anilines is 1. The molecule has 0 radical (unpaired) electrons. The van der Waals surface area contributed by atoms with Gasteiger partial charge in [-0.1, -0.05) is 12.1 Å². The highest BCUT2D eigenvalue weighted by Crippen LogP contribution is 2.34. The second kappa shape index (κ2) is 6.09. The molecule has 0 saturated carbocycles. The van der Waals surface area contributed by atoms with Crippen molar-refractivity contribution in [1.29, 1.82) is 0 Å². The summed E-state index contributed by atoms with van der Waals surface area (Å²) in [7, 11) is 0. The monoisotopic (exact) mass is 309 g/mol. The predicted molar refractivity (Wildman–Crippen MR) is 77.2 cm³/mol. The predicted octanol–water partition coefficient (Wildman–Crippen LogP) is 4.13. The average Bonchev–Trinajstić information content (AvgIpc) is 2.47. The molecule has 0 unspecified atom stereocenters. The molecule has 0 atom stereocenters. The number of hydrogen-bond donors (Lipinski definition) is 1. The van der Waals surface area contributed by atoms with Crippen LogP contribution in [0.15, 0.2) is 42.5 Å². The summed E-state index contributed by atoms with van der Waals surface area (Å²) < 4.78 is 43.2. The van der Waals surface area contributed by atoms with Gasteiger partial charge in [-0.2, -0.15) is 13.2 Å². The summed E-state index contributed by atoms with van der Waals surface area (Å²) in [6.07, 6.45) is -4.44. The van der Waals surface area contributed by atoms with Gasteiger partial charge in [0.05, 0.1) is 17.7 Å². The third-order valence-electron chi connectivity index (χ3n) is 3.07. The molecule has 0 aliphatic rings. The van der Waals surface area contributed by atoms with Gasteiger partial charge in [0.15, 0.2) is 0 Å². The van der Waals surface area contributed by atoms with E-state index in [-0.39, 0.29) is 17.9 Å². The van der Waals surface area contributed by atoms with Crippen molar-refractivity contribution in [3.63, 3.8) is 0 Å². The molecule has 0 spiro atoms. The lowest BCUT2D eigenvalue weighted by molar-refractivity contribution is -0.137. The molecule has 22 heavy (non-hydrogen) atoms. The van der Waals surface area contributed by atoms with Gasteiger partial charge >= 0.3 is 12.1 Å². The van der Waals surface area contributed by atoms with Crippen molar-refractivity contribution in [3.05, 3.63) is 53.6 Å². The van der Waals surface area contributed by atoms with Crippen LogP contribution in [0.4, 0.5) is 18.9 Å². The fourth-order valence-electron chi connectivity index (χ4n) is 2.01. The van der Waals surface area contributed by atoms with Crippen LogP contribution < -0.4 is 5.73 Å². The molecule has 0 bridgehead atoms. The van der Waals surface area contributed by atoms with E-state index in [0.29, 0.717) is 11.1 Å². The van der Waals surface area contributed by atoms with E-state index < -0.39 is 17.7 Å². The van der Waals surface area contributed by atoms with Gasteiger partial charge in [-0.05, 0) is 42.8 Å². The van der Waals surface area contributed by atoms with Gasteiger partial charge in [-0.25, -0.2) is 4.79 Å². The number of benzene rings is 2. The van der Waals surface area contributed by atoms with Gasteiger partial charge in [0.25, 0.3) is 0 Å². The maximum atomic E-state index is 12.8. The van der Waals surface area contributed by atoms with Crippen LogP contribution in [0, 0.1) is 0 Å². The fourth-order valence-corrected chi connectivity index (χ4v) is 2.01. The van der Waals surface area contributed by atoms with Gasteiger partial charge in [-0.15, -0.1) is 0 Å². The van der Waals surface area contributed by atoms with Crippen molar-refractivity contribution in [1.82, 2.24) is 0 Å². The molecule has 2 rings (SSSR count). The Morgan fingerprint density at radius 1 is 1.18 bits per heavy atom. The van der Waals surface area contributed by atoms with Gasteiger partial charge in [0.2, 0.25) is 0 Å². The van der Waals surface area contributed by atoms with Crippen LogP contribution in [0.2, 0.25) is 0 Å². The van der Waals surface area contributed by atoms with Crippen LogP contribution in [0.1, 0.15) is 22.8 Å². The van der Waals surface area contributed by atoms with E-state index in [0.717, 1.165) is 12.1 Å². The Morgan fingerprint density at radius 3 is 2.55 bits per heavy atom. The summed E-state index contributed by atoms with van der Waals surface area (Å²) in [6, 6.07) is 9.18. The third kappa shape index (κ3) is 3.39. The molecule has 3 nitrogen and oxygen atoms in total. The molecule has 0 heterocycles. The number of alkyl halides is 3. The molecule has 2 aromatic carbocycles. The number of esters is 1. The maximum absolute atomic E-state index is 12.8. The lowest BCUT2D eigenvalue weighted by Gasteiger charge is -2.11. The summed E-state index contributed by atoms with van der Waals surface area (Å²) in [6.45, 7) is 1.88. The molecule has 0 aliphatic carbocycles. The van der Waals surface area contributed by atoms with Crippen molar-refractivity contribution in [3.8, 4) is 11.1 Å². The Balaban J connectivity index is 2.48. The minimum atomic E-state index is -4.44. The molecule has 116 valence electrons. The molecule has 0 saturated heterocycles. The minimum Gasteiger partial charge on any atom is -0.462 e. The zero-order valence-corrected chi connectivity index (χ0v) is 11.8. The van der Waals surface area contributed by atoms with Crippen LogP contribution in [-0.2, 0) is 10.9 Å². The van der Waals surface area contributed by atoms with Gasteiger partial charge < -0.3 is 10.5 Å². The highest BCUT2D eigenvalue weighted by atomic mass is 19.4. The Kier molecular flexibility index (Phi) is 4.40. The number of halogens is 3. The SMILES string of the molecule is CCOC(=O)c1ccc(N)c(-c2cccc(C(F)(F)F)c2)c1. The first-order valence-corrected chi connectivity index (χ1v) is 6.57. The van der Waals surface area contributed by atoms with Crippen LogP contribution in [0.5, 0.6) is 0 Å². The van der Waals surface area contributed by atoms with Crippen LogP contribution in [-0.4, -0.2) is 12.6 Å². The van der Waals surface area contributed by atoms with E-state index in [1.807, 2.05) is 0 Å². The van der Waals surface area contributed by atoms with E-state index >= 15 is 0 Å². The third-order valence-corrected chi connectivity index (χ3v) is 3.07. The average molecular weight is 309 g/mol. The number of ether oxygens (including phenoxy) is 1. The molecular formula is C16H14F3NO2. The summed E-state index contributed by atoms with van der Waals surface area (Å²) in [5, 5.41) is 0. The Labute approximate surface area is 125 Å². The molecule has 0 amide bonds. The fraction of sp³-hybridized carbons (Fsp3) is 0.188. The first kappa shape index (κ1) is 15.9. The zero-order valence-electron chi connectivity index (χ0n) is 11.8. The van der Waals surface area contributed by atoms with Gasteiger partial charge in [-0.3, -0.25) is 0 Å². The van der Waals surface area contributed by atoms with E-state index in [9.17, 15) is 18.0 Å². The van der Waals surface area contributed by atoms with Crippen molar-refractivity contribution < 1.29 is 22.7 Å². The Hall–Kier alpha value is -2.50. The number of rotatable bonds is 3. The van der Waals surface area contributed by atoms with Crippen LogP contribution in [0.25, 0.3) is 11.1 Å². The lowest BCUT2D eigenvalue weighted by Crippen LogP contribution is -2.06. The van der Waals surface area contributed by atoms with E-state index in [1.54, 1.807) is 6.92 Å². The van der Waals surface area contributed by atoms with Crippen LogP contribution in [0.3, 0.4) is 0 Å². The van der Waals surface area contributed by atoms with Crippen molar-refractivity contribution >= 4 is 11.7 Å². The lowest BCUT2D eigenvalue weighted by atomic mass is 9.99. The minimum absolute atomic E-state index is 0.210. The standard InChI is InChI=1S/C16H14F3NO2/c1-2-22-15(21)11-6-7-14(20)13(9-11)10-4-3-5-12(8-10)16(17,18)19/h3-9H,2,20H2,1H3. The molecule has 6 heteroatoms. The highest BCUT2D eigenvalue weighted by molar-refractivity contribution is 5.93. The Bertz CT molecular complexity index is 696. The van der Waals surface area contributed by atoms with Crippen molar-refractivity contribution in [2.45, 2.75) is 13.1 Å². The summed E-state index contributed by atoms with van der Waals surface area (Å²) >= 11 is 0. The largest absolute Gasteiger partial charge is 0.462 e. The summed E-state index contributed by atoms with van der Waals surface area (Å²) in [5.41, 5.74) is 6.22. The van der Waals surface area contributed by atoms with E-state index in [2.05, 4.69) is 0 Å². The van der Waals surface area contributed by atoms with E-state index in [1.165, 1.54) is 30.3 Å². The van der Waals surface area contributed by atoms with Crippen molar-refractivity contribution in [2.24, 2.45) is 0 Å². The quantitative estimate of drug-likeness (QED) is 0.685. The smallest absolute Gasteiger partial charge is 0.416 e. The highest BCUT2D eigenvalue weighted by Gasteiger charge is 2.30. The van der Waals surface area contributed by atoms with E-state index in [4.69, 9.17) is 10.5 Å². The number of nitrogens with two attached hydrogens (primary N) is 1. The van der Waals surface area contributed by atoms with Crippen LogP contribution >= 0.6 is 0 Å². The number of carbonyl (C=O) groups is 1. The zero-order chi connectivity index (χ0) is 16.3. The first-order chi connectivity index (χ1) is 10.3. The van der Waals surface area contributed by atoms with Gasteiger partial charge in [0.1, 0.15) is 0 Å². The summed E-state index contributed by atoms with van der Waals surface area (Å²) in [5.74, 6) is -0.546. The molecule has 2 N–H and O–H groups in total. The second-order valence-corrected chi connectivity index (χ2v) is 4.60. The first-order valence-electron chi connectivity index (χ1n) is 6.57.